The minimum atomic E-state index is -0.631. The van der Waals surface area contributed by atoms with Crippen molar-refractivity contribution in [1.29, 1.82) is 0 Å². The van der Waals surface area contributed by atoms with Crippen LogP contribution in [0.1, 0.15) is 38.5 Å². The number of piperazine rings is 1. The van der Waals surface area contributed by atoms with Crippen molar-refractivity contribution in [3.8, 4) is 0 Å². The normalized spacial score (nSPS) is 16.7. The second kappa shape index (κ2) is 6.72. The van der Waals surface area contributed by atoms with Crippen LogP contribution in [0, 0.1) is 5.82 Å². The molecule has 0 spiro atoms. The first-order valence-electron chi connectivity index (χ1n) is 8.65. The van der Waals surface area contributed by atoms with Crippen LogP contribution in [0.5, 0.6) is 0 Å². The van der Waals surface area contributed by atoms with Crippen molar-refractivity contribution in [2.75, 3.05) is 26.2 Å². The lowest BCUT2D eigenvalue weighted by Crippen LogP contribution is -2.51. The Morgan fingerprint density at radius 2 is 1.77 bits per heavy atom. The molecule has 1 fully saturated rings. The number of hydrogen-bond acceptors (Lipinski definition) is 3. The van der Waals surface area contributed by atoms with E-state index >= 15 is 0 Å². The van der Waals surface area contributed by atoms with Crippen LogP contribution in [0.4, 0.5) is 4.39 Å². The molecule has 0 unspecified atom stereocenters. The summed E-state index contributed by atoms with van der Waals surface area (Å²) in [5.74, 6) is -1.19. The quantitative estimate of drug-likeness (QED) is 0.874. The van der Waals surface area contributed by atoms with E-state index in [0.717, 1.165) is 30.5 Å². The molecular formula is C18H18ClFN4O2. The van der Waals surface area contributed by atoms with E-state index in [2.05, 4.69) is 10.2 Å². The summed E-state index contributed by atoms with van der Waals surface area (Å²) < 4.78 is 14.0. The second-order valence-corrected chi connectivity index (χ2v) is 6.97. The Morgan fingerprint density at radius 1 is 1.08 bits per heavy atom. The van der Waals surface area contributed by atoms with Gasteiger partial charge < -0.3 is 9.80 Å². The van der Waals surface area contributed by atoms with E-state index in [1.54, 1.807) is 4.90 Å². The Labute approximate surface area is 154 Å². The molecule has 1 aromatic carbocycles. The Balaban J connectivity index is 1.44. The minimum Gasteiger partial charge on any atom is -0.335 e. The van der Waals surface area contributed by atoms with E-state index < -0.39 is 11.7 Å². The number of rotatable bonds is 2. The number of H-pyrrole nitrogens is 1. The molecule has 136 valence electrons. The summed E-state index contributed by atoms with van der Waals surface area (Å²) in [5, 5.41) is 7.22. The summed E-state index contributed by atoms with van der Waals surface area (Å²) in [6, 6.07) is 4.18. The first kappa shape index (κ1) is 17.0. The van der Waals surface area contributed by atoms with Crippen LogP contribution in [0.15, 0.2) is 18.2 Å². The first-order chi connectivity index (χ1) is 12.6. The molecular weight excluding hydrogens is 359 g/mol. The number of halogens is 2. The van der Waals surface area contributed by atoms with Gasteiger partial charge in [-0.25, -0.2) is 4.39 Å². The van der Waals surface area contributed by atoms with E-state index in [0.29, 0.717) is 31.9 Å². The fourth-order valence-electron chi connectivity index (χ4n) is 3.62. The van der Waals surface area contributed by atoms with Crippen LogP contribution in [-0.2, 0) is 12.8 Å². The molecule has 1 aromatic heterocycles. The SMILES string of the molecule is O=C(c1n[nH]c2c1CCC2)N1CCN(C(=O)c2c(F)cccc2Cl)CC1. The fraction of sp³-hybridized carbons (Fsp3) is 0.389. The van der Waals surface area contributed by atoms with E-state index in [1.807, 2.05) is 0 Å². The predicted molar refractivity (Wildman–Crippen MR) is 93.8 cm³/mol. The van der Waals surface area contributed by atoms with Gasteiger partial charge in [-0.05, 0) is 31.4 Å². The zero-order valence-corrected chi connectivity index (χ0v) is 14.9. The minimum absolute atomic E-state index is 0.0978. The maximum atomic E-state index is 14.0. The van der Waals surface area contributed by atoms with Crippen molar-refractivity contribution >= 4 is 23.4 Å². The lowest BCUT2D eigenvalue weighted by atomic mass is 10.1. The highest BCUT2D eigenvalue weighted by atomic mass is 35.5. The molecule has 2 amide bonds. The molecule has 1 saturated heterocycles. The van der Waals surface area contributed by atoms with Crippen LogP contribution in [-0.4, -0.2) is 58.0 Å². The topological polar surface area (TPSA) is 69.3 Å². The highest BCUT2D eigenvalue weighted by molar-refractivity contribution is 6.33. The molecule has 1 aliphatic carbocycles. The highest BCUT2D eigenvalue weighted by Crippen LogP contribution is 2.25. The standard InChI is InChI=1S/C18H18ClFN4O2/c19-12-4-2-5-13(20)15(12)17(25)23-7-9-24(10-8-23)18(26)16-11-3-1-6-14(11)21-22-16/h2,4-5H,1,3,6-10H2,(H,21,22). The summed E-state index contributed by atoms with van der Waals surface area (Å²) >= 11 is 5.98. The molecule has 8 heteroatoms. The third-order valence-corrected chi connectivity index (χ3v) is 5.35. The third kappa shape index (κ3) is 2.86. The second-order valence-electron chi connectivity index (χ2n) is 6.56. The van der Waals surface area contributed by atoms with Gasteiger partial charge in [0, 0.05) is 37.4 Å². The van der Waals surface area contributed by atoms with Crippen LogP contribution in [0.25, 0.3) is 0 Å². The van der Waals surface area contributed by atoms with Gasteiger partial charge in [0.2, 0.25) is 0 Å². The van der Waals surface area contributed by atoms with Crippen LogP contribution >= 0.6 is 11.6 Å². The summed E-state index contributed by atoms with van der Waals surface area (Å²) in [6.07, 6.45) is 2.84. The molecule has 0 atom stereocenters. The van der Waals surface area contributed by atoms with Gasteiger partial charge in [-0.1, -0.05) is 17.7 Å². The average Bonchev–Trinajstić information content (AvgIpc) is 3.24. The molecule has 2 heterocycles. The van der Waals surface area contributed by atoms with E-state index in [1.165, 1.54) is 23.1 Å². The maximum Gasteiger partial charge on any atom is 0.274 e. The van der Waals surface area contributed by atoms with E-state index in [9.17, 15) is 14.0 Å². The molecule has 1 N–H and O–H groups in total. The number of nitrogens with one attached hydrogen (secondary N) is 1. The number of aromatic amines is 1. The number of hydrogen-bond donors (Lipinski definition) is 1. The van der Waals surface area contributed by atoms with Crippen molar-refractivity contribution in [1.82, 2.24) is 20.0 Å². The molecule has 0 saturated carbocycles. The number of carbonyl (C=O) groups excluding carboxylic acids is 2. The molecule has 0 bridgehead atoms. The third-order valence-electron chi connectivity index (χ3n) is 5.04. The maximum absolute atomic E-state index is 14.0. The largest absolute Gasteiger partial charge is 0.335 e. The van der Waals surface area contributed by atoms with Gasteiger partial charge in [-0.3, -0.25) is 14.7 Å². The van der Waals surface area contributed by atoms with Crippen molar-refractivity contribution in [2.45, 2.75) is 19.3 Å². The molecule has 2 aliphatic rings. The van der Waals surface area contributed by atoms with Gasteiger partial charge in [0.1, 0.15) is 5.82 Å². The smallest absolute Gasteiger partial charge is 0.274 e. The number of aryl methyl sites for hydroxylation is 1. The van der Waals surface area contributed by atoms with Gasteiger partial charge in [-0.15, -0.1) is 0 Å². The van der Waals surface area contributed by atoms with Crippen LogP contribution in [0.2, 0.25) is 5.02 Å². The molecule has 6 nitrogen and oxygen atoms in total. The Hall–Kier alpha value is -2.41. The number of amides is 2. The zero-order chi connectivity index (χ0) is 18.3. The first-order valence-corrected chi connectivity index (χ1v) is 9.02. The van der Waals surface area contributed by atoms with Gasteiger partial charge >= 0.3 is 0 Å². The Bertz CT molecular complexity index is 854. The van der Waals surface area contributed by atoms with Gasteiger partial charge in [0.15, 0.2) is 5.69 Å². The van der Waals surface area contributed by atoms with Crippen LogP contribution in [0.3, 0.4) is 0 Å². The Kier molecular flexibility index (Phi) is 4.40. The number of aromatic nitrogens is 2. The fourth-order valence-corrected chi connectivity index (χ4v) is 3.86. The summed E-state index contributed by atoms with van der Waals surface area (Å²) in [4.78, 5) is 28.5. The summed E-state index contributed by atoms with van der Waals surface area (Å²) in [5.41, 5.74) is 2.46. The van der Waals surface area contributed by atoms with Gasteiger partial charge in [0.05, 0.1) is 10.6 Å². The number of benzene rings is 1. The average molecular weight is 377 g/mol. The number of fused-ring (bicyclic) bond motifs is 1. The predicted octanol–water partition coefficient (Wildman–Crippen LogP) is 2.29. The number of carbonyl (C=O) groups is 2. The Morgan fingerprint density at radius 3 is 2.46 bits per heavy atom. The number of nitrogens with zero attached hydrogens (tertiary/aromatic N) is 3. The van der Waals surface area contributed by atoms with E-state index in [4.69, 9.17) is 11.6 Å². The molecule has 26 heavy (non-hydrogen) atoms. The van der Waals surface area contributed by atoms with Crippen molar-refractivity contribution in [2.24, 2.45) is 0 Å². The van der Waals surface area contributed by atoms with Crippen molar-refractivity contribution < 1.29 is 14.0 Å². The zero-order valence-electron chi connectivity index (χ0n) is 14.1. The van der Waals surface area contributed by atoms with Crippen LogP contribution < -0.4 is 0 Å². The summed E-state index contributed by atoms with van der Waals surface area (Å²) in [7, 11) is 0. The van der Waals surface area contributed by atoms with Crippen molar-refractivity contribution in [3.05, 3.63) is 51.6 Å². The summed E-state index contributed by atoms with van der Waals surface area (Å²) in [6.45, 7) is 1.44. The van der Waals surface area contributed by atoms with Gasteiger partial charge in [0.25, 0.3) is 11.8 Å². The molecule has 4 rings (SSSR count). The molecule has 2 aromatic rings. The van der Waals surface area contributed by atoms with Crippen molar-refractivity contribution in [3.63, 3.8) is 0 Å². The lowest BCUT2D eigenvalue weighted by Gasteiger charge is -2.34. The highest BCUT2D eigenvalue weighted by Gasteiger charge is 2.31. The lowest BCUT2D eigenvalue weighted by molar-refractivity contribution is 0.0529. The molecule has 0 radical (unpaired) electrons. The van der Waals surface area contributed by atoms with E-state index in [-0.39, 0.29) is 16.5 Å². The van der Waals surface area contributed by atoms with Gasteiger partial charge in [-0.2, -0.15) is 5.10 Å². The molecule has 1 aliphatic heterocycles. The monoisotopic (exact) mass is 376 g/mol.